The van der Waals surface area contributed by atoms with Crippen molar-refractivity contribution in [2.24, 2.45) is 0 Å². The second kappa shape index (κ2) is 14.6. The van der Waals surface area contributed by atoms with Crippen molar-refractivity contribution in [2.45, 2.75) is 70.5 Å². The van der Waals surface area contributed by atoms with E-state index >= 15 is 0 Å². The number of esters is 6. The zero-order valence-electron chi connectivity index (χ0n) is 20.8. The lowest BCUT2D eigenvalue weighted by atomic mass is 10.0. The van der Waals surface area contributed by atoms with Gasteiger partial charge in [0.05, 0.1) is 19.2 Å². The molecule has 1 heterocycles. The highest BCUT2D eigenvalue weighted by atomic mass is 32.2. The van der Waals surface area contributed by atoms with E-state index in [1.807, 2.05) is 0 Å². The zero-order valence-corrected chi connectivity index (χ0v) is 21.6. The van der Waals surface area contributed by atoms with Gasteiger partial charge in [0.1, 0.15) is 12.6 Å². The number of carbonyl (C=O) groups excluding carboxylic acids is 6. The van der Waals surface area contributed by atoms with Gasteiger partial charge in [0, 0.05) is 40.4 Å². The minimum atomic E-state index is -1.63. The molecule has 1 aliphatic rings. The Morgan fingerprint density at radius 3 is 1.81 bits per heavy atom. The van der Waals surface area contributed by atoms with Gasteiger partial charge in [-0.25, -0.2) is 0 Å². The maximum Gasteiger partial charge on any atom is 0.324 e. The van der Waals surface area contributed by atoms with Crippen LogP contribution in [0.3, 0.4) is 0 Å². The molecule has 1 fully saturated rings. The van der Waals surface area contributed by atoms with Crippen LogP contribution in [0.5, 0.6) is 0 Å². The summed E-state index contributed by atoms with van der Waals surface area (Å²) in [7, 11) is 1.16. The minimum Gasteiger partial charge on any atom is -0.468 e. The standard InChI is InChI=1S/C21H31NO13S/c1-10(24)31-7-16(32-11(2)25)17(33-12(3)26)18(34-13(4)27)19(35-14(5)28)20-22(9-23)15(8-36-20)21(29)30-6/h15-20,23H,7-9H2,1-6H3/t15-,16-,17-,18-,19-,20+/m0/s1. The molecule has 1 N–H and O–H groups in total. The van der Waals surface area contributed by atoms with Gasteiger partial charge in [0.2, 0.25) is 0 Å². The first-order chi connectivity index (χ1) is 16.8. The lowest BCUT2D eigenvalue weighted by Crippen LogP contribution is -2.58. The highest BCUT2D eigenvalue weighted by Crippen LogP contribution is 2.36. The van der Waals surface area contributed by atoms with Crippen LogP contribution in [-0.2, 0) is 57.2 Å². The Kier molecular flexibility index (Phi) is 12.6. The first-order valence-electron chi connectivity index (χ1n) is 10.7. The molecule has 36 heavy (non-hydrogen) atoms. The molecule has 15 heteroatoms. The number of methoxy groups -OCH3 is 1. The lowest BCUT2D eigenvalue weighted by Gasteiger charge is -2.39. The van der Waals surface area contributed by atoms with Gasteiger partial charge in [-0.15, -0.1) is 11.8 Å². The maximum atomic E-state index is 12.2. The molecule has 204 valence electrons. The fraction of sp³-hybridized carbons (Fsp3) is 0.714. The topological polar surface area (TPSA) is 181 Å². The zero-order chi connectivity index (χ0) is 27.6. The molecular weight excluding hydrogens is 506 g/mol. The summed E-state index contributed by atoms with van der Waals surface area (Å²) in [4.78, 5) is 72.8. The number of ether oxygens (including phenoxy) is 6. The van der Waals surface area contributed by atoms with E-state index < -0.39 is 85.0 Å². The van der Waals surface area contributed by atoms with Crippen LogP contribution >= 0.6 is 11.8 Å². The van der Waals surface area contributed by atoms with E-state index in [1.54, 1.807) is 0 Å². The molecule has 0 radical (unpaired) electrons. The number of hydrogen-bond acceptors (Lipinski definition) is 15. The van der Waals surface area contributed by atoms with Crippen molar-refractivity contribution in [3.8, 4) is 0 Å². The summed E-state index contributed by atoms with van der Waals surface area (Å²) in [5, 5.41) is 9.00. The number of aliphatic hydroxyl groups is 1. The molecule has 0 unspecified atom stereocenters. The van der Waals surface area contributed by atoms with Crippen LogP contribution in [0.25, 0.3) is 0 Å². The number of aliphatic hydroxyl groups excluding tert-OH is 1. The van der Waals surface area contributed by atoms with Crippen molar-refractivity contribution >= 4 is 47.6 Å². The lowest BCUT2D eigenvalue weighted by molar-refractivity contribution is -0.205. The molecule has 6 atom stereocenters. The Bertz CT molecular complexity index is 835. The van der Waals surface area contributed by atoms with Crippen molar-refractivity contribution in [3.05, 3.63) is 0 Å². The van der Waals surface area contributed by atoms with Crippen molar-refractivity contribution in [2.75, 3.05) is 26.2 Å². The second-order valence-corrected chi connectivity index (χ2v) is 8.74. The number of rotatable bonds is 12. The largest absolute Gasteiger partial charge is 0.468 e. The van der Waals surface area contributed by atoms with E-state index in [4.69, 9.17) is 28.4 Å². The molecule has 0 aromatic rings. The molecule has 14 nitrogen and oxygen atoms in total. The molecule has 0 aromatic heterocycles. The number of nitrogens with zero attached hydrogens (tertiary/aromatic N) is 1. The van der Waals surface area contributed by atoms with E-state index in [9.17, 15) is 33.9 Å². The summed E-state index contributed by atoms with van der Waals surface area (Å²) in [6, 6.07) is -0.941. The van der Waals surface area contributed by atoms with Crippen LogP contribution in [0.4, 0.5) is 0 Å². The number of thioether (sulfide) groups is 1. The quantitative estimate of drug-likeness (QED) is 0.240. The normalized spacial score (nSPS) is 20.8. The monoisotopic (exact) mass is 537 g/mol. The average molecular weight is 538 g/mol. The molecule has 0 amide bonds. The van der Waals surface area contributed by atoms with Crippen LogP contribution in [-0.4, -0.2) is 108 Å². The van der Waals surface area contributed by atoms with Crippen molar-refractivity contribution in [1.29, 1.82) is 0 Å². The fourth-order valence-corrected chi connectivity index (χ4v) is 5.02. The summed E-state index contributed by atoms with van der Waals surface area (Å²) in [6.07, 6.45) is -6.20. The van der Waals surface area contributed by atoms with Gasteiger partial charge >= 0.3 is 35.8 Å². The number of carbonyl (C=O) groups is 6. The summed E-state index contributed by atoms with van der Waals surface area (Å²) < 4.78 is 31.1. The number of hydrogen-bond donors (Lipinski definition) is 1. The van der Waals surface area contributed by atoms with E-state index in [2.05, 4.69) is 0 Å². The van der Waals surface area contributed by atoms with Crippen molar-refractivity contribution in [1.82, 2.24) is 4.90 Å². The van der Waals surface area contributed by atoms with Crippen LogP contribution in [0, 0.1) is 0 Å². The molecule has 1 aliphatic heterocycles. The second-order valence-electron chi connectivity index (χ2n) is 7.59. The summed E-state index contributed by atoms with van der Waals surface area (Å²) in [5.74, 6) is -4.74. The van der Waals surface area contributed by atoms with Gasteiger partial charge in [-0.2, -0.15) is 0 Å². The third-order valence-electron chi connectivity index (χ3n) is 4.76. The highest BCUT2D eigenvalue weighted by molar-refractivity contribution is 8.00. The third kappa shape index (κ3) is 9.28. The fourth-order valence-electron chi connectivity index (χ4n) is 3.51. The predicted octanol–water partition coefficient (Wildman–Crippen LogP) is -0.857. The molecular formula is C21H31NO13S. The van der Waals surface area contributed by atoms with E-state index in [0.717, 1.165) is 53.5 Å². The molecule has 0 bridgehead atoms. The molecule has 1 saturated heterocycles. The molecule has 0 spiro atoms. The molecule has 0 aliphatic carbocycles. The van der Waals surface area contributed by atoms with Crippen LogP contribution in [0.1, 0.15) is 34.6 Å². The average Bonchev–Trinajstić information content (AvgIpc) is 3.20. The first kappa shape index (κ1) is 31.1. The van der Waals surface area contributed by atoms with Crippen LogP contribution < -0.4 is 0 Å². The maximum absolute atomic E-state index is 12.2. The van der Waals surface area contributed by atoms with Gasteiger partial charge in [-0.05, 0) is 0 Å². The Labute approximate surface area is 211 Å². The molecule has 0 aromatic carbocycles. The SMILES string of the molecule is COC(=O)[C@@H]1CS[C@H]([C@@H](OC(C)=O)[C@@H](OC(C)=O)[C@@H](OC(C)=O)[C@H](COC(C)=O)OC(C)=O)N1CO. The minimum absolute atomic E-state index is 0.113. The molecule has 1 rings (SSSR count). The van der Waals surface area contributed by atoms with Crippen LogP contribution in [0.15, 0.2) is 0 Å². The Balaban J connectivity index is 3.62. The van der Waals surface area contributed by atoms with Gasteiger partial charge < -0.3 is 33.5 Å². The predicted molar refractivity (Wildman–Crippen MR) is 120 cm³/mol. The van der Waals surface area contributed by atoms with E-state index in [-0.39, 0.29) is 5.75 Å². The Morgan fingerprint density at radius 1 is 0.833 bits per heavy atom. The third-order valence-corrected chi connectivity index (χ3v) is 6.15. The van der Waals surface area contributed by atoms with E-state index in [0.29, 0.717) is 0 Å². The van der Waals surface area contributed by atoms with Crippen molar-refractivity contribution in [3.63, 3.8) is 0 Å². The smallest absolute Gasteiger partial charge is 0.324 e. The molecule has 0 saturated carbocycles. The van der Waals surface area contributed by atoms with E-state index in [1.165, 1.54) is 4.90 Å². The van der Waals surface area contributed by atoms with Gasteiger partial charge in [-0.3, -0.25) is 33.7 Å². The Hall–Kier alpha value is -2.91. The van der Waals surface area contributed by atoms with Crippen molar-refractivity contribution < 1.29 is 62.3 Å². The summed E-state index contributed by atoms with van der Waals surface area (Å²) in [5.41, 5.74) is 0. The van der Waals surface area contributed by atoms with Gasteiger partial charge in [0.15, 0.2) is 24.4 Å². The highest BCUT2D eigenvalue weighted by Gasteiger charge is 2.52. The summed E-state index contributed by atoms with van der Waals surface area (Å²) >= 11 is 1.08. The van der Waals surface area contributed by atoms with Gasteiger partial charge in [0.25, 0.3) is 0 Å². The Morgan fingerprint density at radius 2 is 1.36 bits per heavy atom. The van der Waals surface area contributed by atoms with Crippen LogP contribution in [0.2, 0.25) is 0 Å². The first-order valence-corrected chi connectivity index (χ1v) is 11.7. The van der Waals surface area contributed by atoms with Gasteiger partial charge in [-0.1, -0.05) is 0 Å². The summed E-state index contributed by atoms with van der Waals surface area (Å²) in [6.45, 7) is 4.02.